The molecule has 0 saturated heterocycles. The van der Waals surface area contributed by atoms with Gasteiger partial charge in [-0.15, -0.1) is 0 Å². The van der Waals surface area contributed by atoms with Crippen LogP contribution in [0.15, 0.2) is 18.2 Å². The van der Waals surface area contributed by atoms with Gasteiger partial charge in [0.2, 0.25) is 5.91 Å². The summed E-state index contributed by atoms with van der Waals surface area (Å²) in [6.07, 6.45) is 3.99. The second kappa shape index (κ2) is 8.28. The van der Waals surface area contributed by atoms with Gasteiger partial charge < -0.3 is 22.6 Å². The molecule has 0 fully saturated rings. The highest BCUT2D eigenvalue weighted by molar-refractivity contribution is 5.99. The van der Waals surface area contributed by atoms with Crippen molar-refractivity contribution in [2.24, 2.45) is 0 Å². The van der Waals surface area contributed by atoms with Crippen LogP contribution >= 0.6 is 0 Å². The molecule has 0 atom stereocenters. The number of hydrogen-bond donors (Lipinski definition) is 1. The lowest BCUT2D eigenvalue weighted by Crippen LogP contribution is -3.00. The number of hydrogen-bond acceptors (Lipinski definition) is 2. The lowest BCUT2D eigenvalue weighted by molar-refractivity contribution is -0.115. The van der Waals surface area contributed by atoms with Crippen LogP contribution in [0, 0.1) is 0 Å². The van der Waals surface area contributed by atoms with E-state index in [9.17, 15) is 4.79 Å². The standard InChI is InChI=1S/C16H24N2O.ClH/c1-3-9-18(10-4-2)11-8-13-6-5-7-15-14(13)12-16(19)17-15;/h5-7H,3-4,8-12H2,1-2H3,(H,17,19);1H/p-1. The van der Waals surface area contributed by atoms with Crippen molar-refractivity contribution >= 4 is 11.6 Å². The minimum Gasteiger partial charge on any atom is -1.00 e. The molecule has 2 rings (SSSR count). The lowest BCUT2D eigenvalue weighted by Gasteiger charge is -2.21. The predicted octanol–water partition coefficient (Wildman–Crippen LogP) is -0.150. The minimum absolute atomic E-state index is 0. The molecular weight excluding hydrogens is 272 g/mol. The second-order valence-corrected chi connectivity index (χ2v) is 5.26. The van der Waals surface area contributed by atoms with Crippen molar-refractivity contribution in [2.45, 2.75) is 39.5 Å². The van der Waals surface area contributed by atoms with Crippen LogP contribution in [0.2, 0.25) is 0 Å². The van der Waals surface area contributed by atoms with Gasteiger partial charge in [-0.1, -0.05) is 26.0 Å². The Morgan fingerprint density at radius 3 is 2.50 bits per heavy atom. The molecule has 0 unspecified atom stereocenters. The summed E-state index contributed by atoms with van der Waals surface area (Å²) in [6, 6.07) is 6.21. The third kappa shape index (κ3) is 4.22. The van der Waals surface area contributed by atoms with E-state index in [0.717, 1.165) is 18.7 Å². The fraction of sp³-hybridized carbons (Fsp3) is 0.562. The minimum atomic E-state index is 0. The topological polar surface area (TPSA) is 32.3 Å². The van der Waals surface area contributed by atoms with Gasteiger partial charge in [0.05, 0.1) is 6.42 Å². The Balaban J connectivity index is 0.00000200. The van der Waals surface area contributed by atoms with Crippen LogP contribution in [0.1, 0.15) is 37.8 Å². The summed E-state index contributed by atoms with van der Waals surface area (Å²) in [5, 5.41) is 2.92. The normalized spacial score (nSPS) is 13.1. The van der Waals surface area contributed by atoms with Crippen LogP contribution in [-0.4, -0.2) is 30.4 Å². The van der Waals surface area contributed by atoms with Crippen molar-refractivity contribution in [3.8, 4) is 0 Å². The van der Waals surface area contributed by atoms with E-state index >= 15 is 0 Å². The van der Waals surface area contributed by atoms with Crippen LogP contribution < -0.4 is 17.7 Å². The fourth-order valence-electron chi connectivity index (χ4n) is 2.80. The van der Waals surface area contributed by atoms with E-state index in [0.29, 0.717) is 6.42 Å². The van der Waals surface area contributed by atoms with E-state index in [-0.39, 0.29) is 18.3 Å². The average molecular weight is 296 g/mol. The van der Waals surface area contributed by atoms with Crippen LogP contribution in [0.25, 0.3) is 0 Å². The van der Waals surface area contributed by atoms with E-state index in [1.54, 1.807) is 0 Å². The molecule has 1 heterocycles. The Bertz CT molecular complexity index is 442. The van der Waals surface area contributed by atoms with Crippen molar-refractivity contribution in [2.75, 3.05) is 25.0 Å². The van der Waals surface area contributed by atoms with Crippen LogP contribution in [0.3, 0.4) is 0 Å². The zero-order valence-corrected chi connectivity index (χ0v) is 13.2. The molecule has 4 heteroatoms. The number of nitrogens with zero attached hydrogens (tertiary/aromatic N) is 1. The molecule has 0 spiro atoms. The van der Waals surface area contributed by atoms with E-state index in [1.165, 1.54) is 37.1 Å². The molecule has 1 amide bonds. The molecular formula is C16H24ClN2O-. The van der Waals surface area contributed by atoms with Crippen molar-refractivity contribution in [3.05, 3.63) is 29.3 Å². The highest BCUT2D eigenvalue weighted by atomic mass is 35.5. The molecule has 0 aliphatic carbocycles. The predicted molar refractivity (Wildman–Crippen MR) is 79.5 cm³/mol. The van der Waals surface area contributed by atoms with E-state index < -0.39 is 0 Å². The van der Waals surface area contributed by atoms with Crippen molar-refractivity contribution in [1.29, 1.82) is 0 Å². The summed E-state index contributed by atoms with van der Waals surface area (Å²) in [5.74, 6) is 0.126. The van der Waals surface area contributed by atoms with Crippen molar-refractivity contribution in [3.63, 3.8) is 0 Å². The van der Waals surface area contributed by atoms with Gasteiger partial charge in [0.25, 0.3) is 0 Å². The Morgan fingerprint density at radius 2 is 1.85 bits per heavy atom. The third-order valence-electron chi connectivity index (χ3n) is 3.66. The number of anilines is 1. The molecule has 0 aromatic heterocycles. The molecule has 0 bridgehead atoms. The number of nitrogens with one attached hydrogen (secondary N) is 1. The molecule has 3 nitrogen and oxygen atoms in total. The quantitative estimate of drug-likeness (QED) is 0.759. The zero-order valence-electron chi connectivity index (χ0n) is 12.4. The van der Waals surface area contributed by atoms with Crippen molar-refractivity contribution < 1.29 is 17.2 Å². The van der Waals surface area contributed by atoms with Gasteiger partial charge in [-0.3, -0.25) is 4.79 Å². The van der Waals surface area contributed by atoms with Gasteiger partial charge in [-0.25, -0.2) is 0 Å². The number of carbonyl (C=O) groups is 1. The van der Waals surface area contributed by atoms with Gasteiger partial charge in [0, 0.05) is 12.2 Å². The van der Waals surface area contributed by atoms with Gasteiger partial charge in [0.15, 0.2) is 0 Å². The smallest absolute Gasteiger partial charge is 0.228 e. The first kappa shape index (κ1) is 17.0. The first-order valence-electron chi connectivity index (χ1n) is 7.37. The first-order chi connectivity index (χ1) is 9.24. The molecule has 112 valence electrons. The number of fused-ring (bicyclic) bond motifs is 1. The Labute approximate surface area is 128 Å². The Hall–Kier alpha value is -1.06. The summed E-state index contributed by atoms with van der Waals surface area (Å²) in [5.41, 5.74) is 3.55. The number of amides is 1. The largest absolute Gasteiger partial charge is 1.00 e. The molecule has 1 aromatic rings. The summed E-state index contributed by atoms with van der Waals surface area (Å²) < 4.78 is 0. The van der Waals surface area contributed by atoms with Crippen LogP contribution in [0.4, 0.5) is 5.69 Å². The molecule has 0 saturated carbocycles. The van der Waals surface area contributed by atoms with Gasteiger partial charge >= 0.3 is 0 Å². The van der Waals surface area contributed by atoms with E-state index in [4.69, 9.17) is 0 Å². The van der Waals surface area contributed by atoms with E-state index in [1.807, 2.05) is 12.1 Å². The molecule has 1 aromatic carbocycles. The first-order valence-corrected chi connectivity index (χ1v) is 7.37. The van der Waals surface area contributed by atoms with Crippen LogP contribution in [0.5, 0.6) is 0 Å². The second-order valence-electron chi connectivity index (χ2n) is 5.26. The maximum Gasteiger partial charge on any atom is 0.228 e. The van der Waals surface area contributed by atoms with Gasteiger partial charge in [-0.05, 0) is 49.5 Å². The fourth-order valence-corrected chi connectivity index (χ4v) is 2.80. The Kier molecular flexibility index (Phi) is 7.03. The monoisotopic (exact) mass is 295 g/mol. The number of halogens is 1. The number of carbonyl (C=O) groups excluding carboxylic acids is 1. The summed E-state index contributed by atoms with van der Waals surface area (Å²) in [6.45, 7) is 7.88. The molecule has 0 radical (unpaired) electrons. The van der Waals surface area contributed by atoms with Crippen LogP contribution in [-0.2, 0) is 17.6 Å². The zero-order chi connectivity index (χ0) is 13.7. The van der Waals surface area contributed by atoms with Crippen molar-refractivity contribution in [1.82, 2.24) is 4.90 Å². The lowest BCUT2D eigenvalue weighted by atomic mass is 10.0. The maximum absolute atomic E-state index is 11.5. The average Bonchev–Trinajstić information content (AvgIpc) is 2.77. The molecule has 1 aliphatic heterocycles. The summed E-state index contributed by atoms with van der Waals surface area (Å²) in [7, 11) is 0. The number of benzene rings is 1. The molecule has 1 aliphatic rings. The maximum atomic E-state index is 11.5. The third-order valence-corrected chi connectivity index (χ3v) is 3.66. The van der Waals surface area contributed by atoms with Gasteiger partial charge in [0.1, 0.15) is 0 Å². The van der Waals surface area contributed by atoms with Gasteiger partial charge in [-0.2, -0.15) is 0 Å². The highest BCUT2D eigenvalue weighted by Gasteiger charge is 2.20. The SMILES string of the molecule is CCCN(CCC)CCc1cccc2c1CC(=O)N2.[Cl-]. The Morgan fingerprint density at radius 1 is 1.15 bits per heavy atom. The van der Waals surface area contributed by atoms with E-state index in [2.05, 4.69) is 30.1 Å². The summed E-state index contributed by atoms with van der Waals surface area (Å²) in [4.78, 5) is 14.0. The summed E-state index contributed by atoms with van der Waals surface area (Å²) >= 11 is 0. The highest BCUT2D eigenvalue weighted by Crippen LogP contribution is 2.26. The number of rotatable bonds is 7. The molecule has 1 N–H and O–H groups in total. The molecule has 20 heavy (non-hydrogen) atoms.